The van der Waals surface area contributed by atoms with Crippen molar-refractivity contribution in [1.82, 2.24) is 9.97 Å². The van der Waals surface area contributed by atoms with Crippen LogP contribution in [0.4, 0.5) is 13.2 Å². The fourth-order valence-electron chi connectivity index (χ4n) is 2.96. The van der Waals surface area contributed by atoms with Gasteiger partial charge in [0.25, 0.3) is 0 Å². The standard InChI is InChI=1S/C23H21F3N4O2/c1-15-29-21(31-11-9-23(24,25)26)13-22(30-15)32-20-12-17(14-28)4-7-19(20)18-5-2-16(3-6-18)8-10-27/h2-7,12-13H,8-11,27H2,1H3. The molecule has 32 heavy (non-hydrogen) atoms. The molecule has 0 atom stereocenters. The minimum atomic E-state index is -4.33. The maximum atomic E-state index is 12.4. The van der Waals surface area contributed by atoms with Gasteiger partial charge in [-0.05, 0) is 49.2 Å². The van der Waals surface area contributed by atoms with Gasteiger partial charge < -0.3 is 15.2 Å². The van der Waals surface area contributed by atoms with Gasteiger partial charge in [0, 0.05) is 5.56 Å². The zero-order chi connectivity index (χ0) is 23.1. The topological polar surface area (TPSA) is 94.0 Å². The summed E-state index contributed by atoms with van der Waals surface area (Å²) in [6.07, 6.45) is -4.66. The first-order valence-electron chi connectivity index (χ1n) is 9.84. The minimum Gasteiger partial charge on any atom is -0.477 e. The van der Waals surface area contributed by atoms with Gasteiger partial charge in [-0.1, -0.05) is 24.3 Å². The highest BCUT2D eigenvalue weighted by Gasteiger charge is 2.27. The molecule has 0 fully saturated rings. The van der Waals surface area contributed by atoms with Crippen molar-refractivity contribution >= 4 is 0 Å². The van der Waals surface area contributed by atoms with Crippen LogP contribution in [0.5, 0.6) is 17.5 Å². The molecule has 0 aliphatic carbocycles. The number of benzene rings is 2. The monoisotopic (exact) mass is 442 g/mol. The van der Waals surface area contributed by atoms with Crippen LogP contribution < -0.4 is 15.2 Å². The maximum absolute atomic E-state index is 12.4. The number of alkyl halides is 3. The average molecular weight is 442 g/mol. The molecule has 3 rings (SSSR count). The maximum Gasteiger partial charge on any atom is 0.392 e. The third kappa shape index (κ3) is 6.43. The minimum absolute atomic E-state index is 0.0270. The van der Waals surface area contributed by atoms with Crippen LogP contribution in [0, 0.1) is 18.3 Å². The molecule has 2 aromatic carbocycles. The molecule has 1 heterocycles. The van der Waals surface area contributed by atoms with E-state index in [4.69, 9.17) is 15.2 Å². The molecule has 0 amide bonds. The Morgan fingerprint density at radius 1 is 1.03 bits per heavy atom. The fraction of sp³-hybridized carbons (Fsp3) is 0.261. The second-order valence-corrected chi connectivity index (χ2v) is 6.97. The zero-order valence-electron chi connectivity index (χ0n) is 17.3. The Labute approximate surface area is 183 Å². The summed E-state index contributed by atoms with van der Waals surface area (Å²) in [7, 11) is 0. The summed E-state index contributed by atoms with van der Waals surface area (Å²) in [5, 5.41) is 9.28. The average Bonchev–Trinajstić information content (AvgIpc) is 2.73. The predicted molar refractivity (Wildman–Crippen MR) is 112 cm³/mol. The van der Waals surface area contributed by atoms with E-state index in [2.05, 4.69) is 16.0 Å². The van der Waals surface area contributed by atoms with Crippen LogP contribution >= 0.6 is 0 Å². The molecule has 0 saturated heterocycles. The van der Waals surface area contributed by atoms with E-state index < -0.39 is 19.2 Å². The lowest BCUT2D eigenvalue weighted by Crippen LogP contribution is -2.13. The van der Waals surface area contributed by atoms with E-state index in [1.54, 1.807) is 25.1 Å². The Kier molecular flexibility index (Phi) is 7.28. The summed E-state index contributed by atoms with van der Waals surface area (Å²) in [5.41, 5.74) is 8.66. The van der Waals surface area contributed by atoms with Gasteiger partial charge in [0.2, 0.25) is 11.8 Å². The number of aromatic nitrogens is 2. The fourth-order valence-corrected chi connectivity index (χ4v) is 2.96. The van der Waals surface area contributed by atoms with E-state index in [0.717, 1.165) is 23.1 Å². The number of hydrogen-bond donors (Lipinski definition) is 1. The largest absolute Gasteiger partial charge is 0.477 e. The molecule has 0 radical (unpaired) electrons. The van der Waals surface area contributed by atoms with Crippen LogP contribution in [-0.2, 0) is 6.42 Å². The van der Waals surface area contributed by atoms with Crippen LogP contribution in [0.3, 0.4) is 0 Å². The predicted octanol–water partition coefficient (Wildman–Crippen LogP) is 4.95. The normalized spacial score (nSPS) is 11.1. The molecular formula is C23H21F3N4O2. The van der Waals surface area contributed by atoms with E-state index in [-0.39, 0.29) is 17.6 Å². The van der Waals surface area contributed by atoms with Crippen molar-refractivity contribution in [2.45, 2.75) is 25.9 Å². The number of halogens is 3. The second-order valence-electron chi connectivity index (χ2n) is 6.97. The van der Waals surface area contributed by atoms with Crippen LogP contribution in [-0.4, -0.2) is 29.3 Å². The molecule has 166 valence electrons. The smallest absolute Gasteiger partial charge is 0.392 e. The van der Waals surface area contributed by atoms with Crippen molar-refractivity contribution in [2.75, 3.05) is 13.2 Å². The van der Waals surface area contributed by atoms with Crippen LogP contribution in [0.25, 0.3) is 11.1 Å². The number of nitrogens with two attached hydrogens (primary N) is 1. The number of nitrogens with zero attached hydrogens (tertiary/aromatic N) is 3. The lowest BCUT2D eigenvalue weighted by molar-refractivity contribution is -0.139. The lowest BCUT2D eigenvalue weighted by Gasteiger charge is -2.13. The van der Waals surface area contributed by atoms with Crippen LogP contribution in [0.15, 0.2) is 48.5 Å². The summed E-state index contributed by atoms with van der Waals surface area (Å²) >= 11 is 0. The van der Waals surface area contributed by atoms with Gasteiger partial charge in [0.1, 0.15) is 11.6 Å². The molecule has 6 nitrogen and oxygen atoms in total. The molecule has 1 aromatic heterocycles. The third-order valence-corrected chi connectivity index (χ3v) is 4.45. The second kappa shape index (κ2) is 10.1. The highest BCUT2D eigenvalue weighted by Crippen LogP contribution is 2.34. The molecule has 0 aliphatic rings. The molecule has 3 aromatic rings. The van der Waals surface area contributed by atoms with Crippen molar-refractivity contribution in [3.8, 4) is 34.7 Å². The van der Waals surface area contributed by atoms with Crippen molar-refractivity contribution < 1.29 is 22.6 Å². The van der Waals surface area contributed by atoms with Gasteiger partial charge in [-0.25, -0.2) is 0 Å². The third-order valence-electron chi connectivity index (χ3n) is 4.45. The number of nitriles is 1. The molecule has 2 N–H and O–H groups in total. The van der Waals surface area contributed by atoms with Crippen molar-refractivity contribution in [3.05, 3.63) is 65.5 Å². The summed E-state index contributed by atoms with van der Waals surface area (Å²) < 4.78 is 48.2. The van der Waals surface area contributed by atoms with E-state index >= 15 is 0 Å². The molecule has 0 unspecified atom stereocenters. The van der Waals surface area contributed by atoms with Gasteiger partial charge in [-0.3, -0.25) is 0 Å². The quantitative estimate of drug-likeness (QED) is 0.531. The van der Waals surface area contributed by atoms with Gasteiger partial charge in [-0.15, -0.1) is 0 Å². The van der Waals surface area contributed by atoms with E-state index in [9.17, 15) is 18.4 Å². The van der Waals surface area contributed by atoms with E-state index in [1.807, 2.05) is 24.3 Å². The molecule has 0 saturated carbocycles. The van der Waals surface area contributed by atoms with Gasteiger partial charge in [0.15, 0.2) is 0 Å². The number of hydrogen-bond acceptors (Lipinski definition) is 6. The highest BCUT2D eigenvalue weighted by atomic mass is 19.4. The van der Waals surface area contributed by atoms with Gasteiger partial charge in [-0.2, -0.15) is 28.4 Å². The van der Waals surface area contributed by atoms with Crippen molar-refractivity contribution in [1.29, 1.82) is 5.26 Å². The molecule has 0 bridgehead atoms. The molecular weight excluding hydrogens is 421 g/mol. The van der Waals surface area contributed by atoms with Gasteiger partial charge in [0.05, 0.1) is 30.7 Å². The zero-order valence-corrected chi connectivity index (χ0v) is 17.3. The van der Waals surface area contributed by atoms with Crippen LogP contribution in [0.1, 0.15) is 23.4 Å². The molecule has 0 spiro atoms. The Hall–Kier alpha value is -3.64. The molecule has 0 aliphatic heterocycles. The van der Waals surface area contributed by atoms with E-state index in [1.165, 1.54) is 6.07 Å². The Balaban J connectivity index is 1.88. The summed E-state index contributed by atoms with van der Waals surface area (Å²) in [5.74, 6) is 0.708. The Morgan fingerprint density at radius 2 is 1.75 bits per heavy atom. The van der Waals surface area contributed by atoms with Gasteiger partial charge >= 0.3 is 6.18 Å². The number of aryl methyl sites for hydroxylation is 1. The SMILES string of the molecule is Cc1nc(OCCC(F)(F)F)cc(Oc2cc(C#N)ccc2-c2ccc(CCN)cc2)n1. The highest BCUT2D eigenvalue weighted by molar-refractivity contribution is 5.72. The van der Waals surface area contributed by atoms with E-state index in [0.29, 0.717) is 17.9 Å². The first kappa shape index (κ1) is 23.0. The molecule has 9 heteroatoms. The van der Waals surface area contributed by atoms with Crippen molar-refractivity contribution in [3.63, 3.8) is 0 Å². The first-order valence-corrected chi connectivity index (χ1v) is 9.84. The summed E-state index contributed by atoms with van der Waals surface area (Å²) in [6.45, 7) is 1.56. The summed E-state index contributed by atoms with van der Waals surface area (Å²) in [4.78, 5) is 8.18. The summed E-state index contributed by atoms with van der Waals surface area (Å²) in [6, 6.07) is 16.2. The Morgan fingerprint density at radius 3 is 2.41 bits per heavy atom. The first-order chi connectivity index (χ1) is 15.3. The number of rotatable bonds is 8. The van der Waals surface area contributed by atoms with Crippen LogP contribution in [0.2, 0.25) is 0 Å². The number of ether oxygens (including phenoxy) is 2. The lowest BCUT2D eigenvalue weighted by atomic mass is 10.0. The van der Waals surface area contributed by atoms with Crippen molar-refractivity contribution in [2.24, 2.45) is 5.73 Å². The Bertz CT molecular complexity index is 1110.